The molecule has 1 fully saturated rings. The van der Waals surface area contributed by atoms with Gasteiger partial charge in [0, 0.05) is 26.7 Å². The molecule has 2 atom stereocenters. The van der Waals surface area contributed by atoms with Gasteiger partial charge in [0.25, 0.3) is 0 Å². The minimum atomic E-state index is 0.152. The van der Waals surface area contributed by atoms with E-state index < -0.39 is 0 Å². The first-order valence-corrected chi connectivity index (χ1v) is 5.69. The number of nitrogens with zero attached hydrogens (tertiary/aromatic N) is 1. The van der Waals surface area contributed by atoms with Gasteiger partial charge in [0.05, 0.1) is 12.6 Å². The van der Waals surface area contributed by atoms with Gasteiger partial charge in [-0.3, -0.25) is 4.79 Å². The highest BCUT2D eigenvalue weighted by Gasteiger charge is 2.27. The molecule has 1 rings (SSSR count). The molecule has 0 bridgehead atoms. The molecule has 1 amide bonds. The van der Waals surface area contributed by atoms with Gasteiger partial charge in [-0.15, -0.1) is 0 Å². The number of rotatable bonds is 5. The third-order valence-electron chi connectivity index (χ3n) is 3.17. The summed E-state index contributed by atoms with van der Waals surface area (Å²) in [5.41, 5.74) is 0. The molecule has 0 radical (unpaired) electrons. The zero-order valence-electron chi connectivity index (χ0n) is 9.95. The van der Waals surface area contributed by atoms with Crippen LogP contribution in [0.4, 0.5) is 0 Å². The second kappa shape index (κ2) is 6.08. The Balaban J connectivity index is 2.27. The van der Waals surface area contributed by atoms with Gasteiger partial charge in [0.15, 0.2) is 0 Å². The van der Waals surface area contributed by atoms with Gasteiger partial charge >= 0.3 is 0 Å². The number of amides is 1. The molecule has 1 saturated carbocycles. The van der Waals surface area contributed by atoms with E-state index in [1.54, 1.807) is 12.0 Å². The second-order valence-corrected chi connectivity index (χ2v) is 4.10. The van der Waals surface area contributed by atoms with Gasteiger partial charge in [-0.05, 0) is 26.2 Å². The van der Waals surface area contributed by atoms with Gasteiger partial charge in [-0.1, -0.05) is 0 Å². The monoisotopic (exact) mass is 214 g/mol. The van der Waals surface area contributed by atoms with Crippen LogP contribution in [-0.4, -0.2) is 50.2 Å². The first-order valence-electron chi connectivity index (χ1n) is 5.69. The molecule has 0 heterocycles. The fourth-order valence-electron chi connectivity index (χ4n) is 1.97. The van der Waals surface area contributed by atoms with Crippen LogP contribution in [0.2, 0.25) is 0 Å². The van der Waals surface area contributed by atoms with Crippen molar-refractivity contribution < 1.29 is 9.53 Å². The van der Waals surface area contributed by atoms with Crippen molar-refractivity contribution in [2.24, 2.45) is 0 Å². The van der Waals surface area contributed by atoms with E-state index >= 15 is 0 Å². The average molecular weight is 214 g/mol. The molecule has 2 unspecified atom stereocenters. The van der Waals surface area contributed by atoms with Gasteiger partial charge in [0.2, 0.25) is 5.91 Å². The first kappa shape index (κ1) is 12.5. The normalized spacial score (nSPS) is 25.5. The minimum Gasteiger partial charge on any atom is -0.380 e. The number of carbonyl (C=O) groups excluding carboxylic acids is 1. The largest absolute Gasteiger partial charge is 0.380 e. The van der Waals surface area contributed by atoms with E-state index in [0.717, 1.165) is 19.4 Å². The van der Waals surface area contributed by atoms with E-state index in [1.165, 1.54) is 6.42 Å². The van der Waals surface area contributed by atoms with Crippen LogP contribution in [0.15, 0.2) is 0 Å². The van der Waals surface area contributed by atoms with E-state index in [2.05, 4.69) is 5.32 Å². The number of carbonyl (C=O) groups is 1. The van der Waals surface area contributed by atoms with Crippen LogP contribution in [-0.2, 0) is 9.53 Å². The smallest absolute Gasteiger partial charge is 0.236 e. The lowest BCUT2D eigenvalue weighted by Gasteiger charge is -2.21. The maximum absolute atomic E-state index is 11.5. The van der Waals surface area contributed by atoms with Gasteiger partial charge < -0.3 is 15.0 Å². The molecule has 0 aromatic carbocycles. The molecular weight excluding hydrogens is 192 g/mol. The highest BCUT2D eigenvalue weighted by Crippen LogP contribution is 2.21. The summed E-state index contributed by atoms with van der Waals surface area (Å²) >= 11 is 0. The number of hydrogen-bond donors (Lipinski definition) is 1. The molecule has 4 nitrogen and oxygen atoms in total. The van der Waals surface area contributed by atoms with Crippen LogP contribution in [0.1, 0.15) is 26.2 Å². The Morgan fingerprint density at radius 1 is 1.53 bits per heavy atom. The van der Waals surface area contributed by atoms with Crippen molar-refractivity contribution in [3.8, 4) is 0 Å². The summed E-state index contributed by atoms with van der Waals surface area (Å²) in [4.78, 5) is 13.3. The number of methoxy groups -OCH3 is 1. The van der Waals surface area contributed by atoms with E-state index in [0.29, 0.717) is 12.6 Å². The standard InChI is InChI=1S/C11H22N2O2/c1-4-13(2)11(14)8-12-9-6-5-7-10(9)15-3/h9-10,12H,4-8H2,1-3H3. The van der Waals surface area contributed by atoms with E-state index in [1.807, 2.05) is 14.0 Å². The van der Waals surface area contributed by atoms with E-state index in [4.69, 9.17) is 4.74 Å². The van der Waals surface area contributed by atoms with E-state index in [9.17, 15) is 4.79 Å². The van der Waals surface area contributed by atoms with Gasteiger partial charge in [-0.25, -0.2) is 0 Å². The third-order valence-corrected chi connectivity index (χ3v) is 3.17. The number of ether oxygens (including phenoxy) is 1. The summed E-state index contributed by atoms with van der Waals surface area (Å²) in [5.74, 6) is 0.152. The summed E-state index contributed by atoms with van der Waals surface area (Å²) in [5, 5.41) is 3.28. The van der Waals surface area contributed by atoms with Crippen molar-refractivity contribution in [3.63, 3.8) is 0 Å². The molecule has 0 saturated heterocycles. The molecular formula is C11H22N2O2. The Morgan fingerprint density at radius 2 is 2.27 bits per heavy atom. The van der Waals surface area contributed by atoms with E-state index in [-0.39, 0.29) is 12.0 Å². The summed E-state index contributed by atoms with van der Waals surface area (Å²) in [6.45, 7) is 3.17. The second-order valence-electron chi connectivity index (χ2n) is 4.10. The predicted octanol–water partition coefficient (Wildman–Crippen LogP) is 0.622. The Bertz CT molecular complexity index is 209. The molecule has 0 aliphatic heterocycles. The van der Waals surface area contributed by atoms with Gasteiger partial charge in [-0.2, -0.15) is 0 Å². The first-order chi connectivity index (χ1) is 7.19. The lowest BCUT2D eigenvalue weighted by molar-refractivity contribution is -0.129. The maximum atomic E-state index is 11.5. The van der Waals surface area contributed by atoms with Crippen molar-refractivity contribution in [2.75, 3.05) is 27.2 Å². The molecule has 1 aliphatic rings. The van der Waals surface area contributed by atoms with Crippen molar-refractivity contribution in [1.29, 1.82) is 0 Å². The highest BCUT2D eigenvalue weighted by atomic mass is 16.5. The molecule has 0 aromatic rings. The Labute approximate surface area is 92.0 Å². The average Bonchev–Trinajstić information content (AvgIpc) is 2.71. The summed E-state index contributed by atoms with van der Waals surface area (Å²) < 4.78 is 5.36. The molecule has 0 aromatic heterocycles. The van der Waals surface area contributed by atoms with Crippen molar-refractivity contribution in [1.82, 2.24) is 10.2 Å². The summed E-state index contributed by atoms with van der Waals surface area (Å²) in [7, 11) is 3.57. The Morgan fingerprint density at radius 3 is 2.87 bits per heavy atom. The summed E-state index contributed by atoms with van der Waals surface area (Å²) in [6.07, 6.45) is 3.69. The molecule has 1 aliphatic carbocycles. The Hall–Kier alpha value is -0.610. The zero-order chi connectivity index (χ0) is 11.3. The molecule has 1 N–H and O–H groups in total. The van der Waals surface area contributed by atoms with Crippen LogP contribution < -0.4 is 5.32 Å². The lowest BCUT2D eigenvalue weighted by atomic mass is 10.2. The highest BCUT2D eigenvalue weighted by molar-refractivity contribution is 5.77. The lowest BCUT2D eigenvalue weighted by Crippen LogP contribution is -2.43. The number of nitrogens with one attached hydrogen (secondary N) is 1. The minimum absolute atomic E-state index is 0.152. The fourth-order valence-corrected chi connectivity index (χ4v) is 1.97. The van der Waals surface area contributed by atoms with Crippen molar-refractivity contribution in [3.05, 3.63) is 0 Å². The Kier molecular flexibility index (Phi) is 5.05. The van der Waals surface area contributed by atoms with Crippen LogP contribution in [0.5, 0.6) is 0 Å². The van der Waals surface area contributed by atoms with Crippen molar-refractivity contribution in [2.45, 2.75) is 38.3 Å². The third kappa shape index (κ3) is 3.47. The molecule has 88 valence electrons. The SMILES string of the molecule is CCN(C)C(=O)CNC1CCCC1OC. The summed E-state index contributed by atoms with van der Waals surface area (Å²) in [6, 6.07) is 0.351. The maximum Gasteiger partial charge on any atom is 0.236 e. The topological polar surface area (TPSA) is 41.6 Å². The van der Waals surface area contributed by atoms with Crippen LogP contribution in [0.3, 0.4) is 0 Å². The number of hydrogen-bond acceptors (Lipinski definition) is 3. The van der Waals surface area contributed by atoms with Crippen molar-refractivity contribution >= 4 is 5.91 Å². The molecule has 0 spiro atoms. The van der Waals surface area contributed by atoms with Crippen LogP contribution in [0.25, 0.3) is 0 Å². The quantitative estimate of drug-likeness (QED) is 0.729. The van der Waals surface area contributed by atoms with Crippen LogP contribution in [0, 0.1) is 0 Å². The van der Waals surface area contributed by atoms with Gasteiger partial charge in [0.1, 0.15) is 0 Å². The fraction of sp³-hybridized carbons (Fsp3) is 0.909. The molecule has 15 heavy (non-hydrogen) atoms. The number of likely N-dealkylation sites (N-methyl/N-ethyl adjacent to an activating group) is 1. The predicted molar refractivity (Wildman–Crippen MR) is 59.7 cm³/mol. The zero-order valence-corrected chi connectivity index (χ0v) is 9.95. The molecule has 4 heteroatoms. The van der Waals surface area contributed by atoms with Crippen LogP contribution >= 0.6 is 0 Å².